The van der Waals surface area contributed by atoms with Gasteiger partial charge in [-0.2, -0.15) is 0 Å². The molecular formula is C19H33NOS. The Kier molecular flexibility index (Phi) is 12.3. The molecule has 0 amide bonds. The van der Waals surface area contributed by atoms with Gasteiger partial charge in [0.05, 0.1) is 0 Å². The summed E-state index contributed by atoms with van der Waals surface area (Å²) in [6.45, 7) is 2.26. The zero-order valence-corrected chi connectivity index (χ0v) is 15.0. The summed E-state index contributed by atoms with van der Waals surface area (Å²) in [4.78, 5) is 4.16. The molecule has 0 aliphatic carbocycles. The molecule has 0 aliphatic heterocycles. The van der Waals surface area contributed by atoms with Crippen LogP contribution in [0.3, 0.4) is 0 Å². The third kappa shape index (κ3) is 10.1. The Morgan fingerprint density at radius 3 is 2.27 bits per heavy atom. The summed E-state index contributed by atoms with van der Waals surface area (Å²) < 4.78 is 0. The van der Waals surface area contributed by atoms with Gasteiger partial charge < -0.3 is 5.11 Å². The van der Waals surface area contributed by atoms with Crippen LogP contribution in [0.15, 0.2) is 23.7 Å². The Balaban J connectivity index is 1.82. The summed E-state index contributed by atoms with van der Waals surface area (Å²) in [5.41, 5.74) is 0. The average Bonchev–Trinajstić information content (AvgIpc) is 3.06. The molecule has 1 unspecified atom stereocenters. The topological polar surface area (TPSA) is 33.1 Å². The molecule has 0 radical (unpaired) electrons. The van der Waals surface area contributed by atoms with Crippen molar-refractivity contribution in [3.8, 4) is 0 Å². The molecular weight excluding hydrogens is 290 g/mol. The second-order valence-electron chi connectivity index (χ2n) is 6.05. The predicted molar refractivity (Wildman–Crippen MR) is 97.3 cm³/mol. The highest BCUT2D eigenvalue weighted by Crippen LogP contribution is 2.21. The number of aliphatic hydroxyl groups is 1. The number of nitrogens with zero attached hydrogens (tertiary/aromatic N) is 1. The minimum atomic E-state index is -0.351. The third-order valence-electron chi connectivity index (χ3n) is 3.98. The minimum Gasteiger partial charge on any atom is -0.386 e. The van der Waals surface area contributed by atoms with Gasteiger partial charge in [-0.25, -0.2) is 4.98 Å². The van der Waals surface area contributed by atoms with Crippen LogP contribution in [0.5, 0.6) is 0 Å². The fraction of sp³-hybridized carbons (Fsp3) is 0.737. The lowest BCUT2D eigenvalue weighted by atomic mass is 10.1. The second-order valence-corrected chi connectivity index (χ2v) is 6.98. The van der Waals surface area contributed by atoms with Gasteiger partial charge in [0, 0.05) is 11.6 Å². The fourth-order valence-corrected chi connectivity index (χ4v) is 3.24. The van der Waals surface area contributed by atoms with Gasteiger partial charge in [0.2, 0.25) is 0 Å². The van der Waals surface area contributed by atoms with Crippen LogP contribution in [0, 0.1) is 0 Å². The average molecular weight is 324 g/mol. The molecule has 1 aromatic heterocycles. The summed E-state index contributed by atoms with van der Waals surface area (Å²) in [6, 6.07) is 0. The molecule has 22 heavy (non-hydrogen) atoms. The van der Waals surface area contributed by atoms with Gasteiger partial charge >= 0.3 is 0 Å². The number of thiazole rings is 1. The Labute approximate surface area is 140 Å². The maximum absolute atomic E-state index is 9.93. The van der Waals surface area contributed by atoms with E-state index in [1.165, 1.54) is 64.2 Å². The van der Waals surface area contributed by atoms with Gasteiger partial charge in [-0.05, 0) is 32.1 Å². The van der Waals surface area contributed by atoms with Crippen LogP contribution in [0.1, 0.15) is 95.1 Å². The van der Waals surface area contributed by atoms with Crippen molar-refractivity contribution >= 4 is 11.3 Å². The molecule has 1 heterocycles. The summed E-state index contributed by atoms with van der Waals surface area (Å²) in [5.74, 6) is 0. The van der Waals surface area contributed by atoms with Crippen molar-refractivity contribution in [2.45, 2.75) is 90.1 Å². The lowest BCUT2D eigenvalue weighted by molar-refractivity contribution is 0.163. The summed E-state index contributed by atoms with van der Waals surface area (Å²) >= 11 is 1.55. The molecule has 0 spiro atoms. The number of aromatic nitrogens is 1. The van der Waals surface area contributed by atoms with E-state index >= 15 is 0 Å². The highest BCUT2D eigenvalue weighted by atomic mass is 32.1. The molecule has 3 heteroatoms. The third-order valence-corrected chi connectivity index (χ3v) is 4.85. The highest BCUT2D eigenvalue weighted by molar-refractivity contribution is 7.09. The van der Waals surface area contributed by atoms with Gasteiger partial charge in [-0.15, -0.1) is 11.3 Å². The van der Waals surface area contributed by atoms with E-state index in [9.17, 15) is 5.11 Å². The smallest absolute Gasteiger partial charge is 0.121 e. The van der Waals surface area contributed by atoms with Crippen LogP contribution in [0.2, 0.25) is 0 Å². The Morgan fingerprint density at radius 1 is 1.00 bits per heavy atom. The van der Waals surface area contributed by atoms with E-state index in [1.807, 2.05) is 5.38 Å². The molecule has 0 aromatic carbocycles. The molecule has 0 saturated carbocycles. The SMILES string of the molecule is CCCCCCC=CCCCCCCCC(O)c1nccs1. The van der Waals surface area contributed by atoms with Gasteiger partial charge in [0.1, 0.15) is 11.1 Å². The van der Waals surface area contributed by atoms with Crippen molar-refractivity contribution in [1.29, 1.82) is 0 Å². The van der Waals surface area contributed by atoms with Crippen LogP contribution in [-0.2, 0) is 0 Å². The zero-order valence-electron chi connectivity index (χ0n) is 14.2. The number of rotatable bonds is 14. The first-order valence-electron chi connectivity index (χ1n) is 9.07. The number of allylic oxidation sites excluding steroid dienone is 2. The Hall–Kier alpha value is -0.670. The van der Waals surface area contributed by atoms with Crippen molar-refractivity contribution in [1.82, 2.24) is 4.98 Å². The Morgan fingerprint density at radius 2 is 1.64 bits per heavy atom. The summed E-state index contributed by atoms with van der Waals surface area (Å²) in [7, 11) is 0. The van der Waals surface area contributed by atoms with Crippen molar-refractivity contribution in [3.05, 3.63) is 28.7 Å². The van der Waals surface area contributed by atoms with E-state index in [0.29, 0.717) is 0 Å². The molecule has 126 valence electrons. The van der Waals surface area contributed by atoms with E-state index in [0.717, 1.165) is 17.8 Å². The molecule has 1 rings (SSSR count). The van der Waals surface area contributed by atoms with E-state index in [4.69, 9.17) is 0 Å². The first-order chi connectivity index (χ1) is 10.8. The maximum atomic E-state index is 9.93. The van der Waals surface area contributed by atoms with Gasteiger partial charge in [-0.1, -0.05) is 64.0 Å². The van der Waals surface area contributed by atoms with Crippen LogP contribution < -0.4 is 0 Å². The quantitative estimate of drug-likeness (QED) is 0.316. The van der Waals surface area contributed by atoms with Crippen molar-refractivity contribution in [2.24, 2.45) is 0 Å². The zero-order chi connectivity index (χ0) is 15.9. The lowest BCUT2D eigenvalue weighted by Crippen LogP contribution is -1.96. The van der Waals surface area contributed by atoms with Crippen LogP contribution >= 0.6 is 11.3 Å². The van der Waals surface area contributed by atoms with E-state index < -0.39 is 0 Å². The van der Waals surface area contributed by atoms with Gasteiger partial charge in [0.15, 0.2) is 0 Å². The second kappa shape index (κ2) is 14.0. The lowest BCUT2D eigenvalue weighted by Gasteiger charge is -2.06. The van der Waals surface area contributed by atoms with Gasteiger partial charge in [-0.3, -0.25) is 0 Å². The highest BCUT2D eigenvalue weighted by Gasteiger charge is 2.08. The normalized spacial score (nSPS) is 13.0. The number of unbranched alkanes of at least 4 members (excludes halogenated alkanes) is 9. The predicted octanol–water partition coefficient (Wildman–Crippen LogP) is 6.43. The van der Waals surface area contributed by atoms with Crippen molar-refractivity contribution in [2.75, 3.05) is 0 Å². The molecule has 2 nitrogen and oxygen atoms in total. The molecule has 0 bridgehead atoms. The van der Waals surface area contributed by atoms with Crippen LogP contribution in [0.25, 0.3) is 0 Å². The van der Waals surface area contributed by atoms with Crippen LogP contribution in [0.4, 0.5) is 0 Å². The van der Waals surface area contributed by atoms with Gasteiger partial charge in [0.25, 0.3) is 0 Å². The molecule has 0 aliphatic rings. The first kappa shape index (κ1) is 19.4. The number of aliphatic hydroxyl groups excluding tert-OH is 1. The van der Waals surface area contributed by atoms with Crippen molar-refractivity contribution < 1.29 is 5.11 Å². The number of hydrogen-bond acceptors (Lipinski definition) is 3. The van der Waals surface area contributed by atoms with E-state index in [-0.39, 0.29) is 6.10 Å². The standard InChI is InChI=1S/C19H33NOS/c1-2-3-4-5-6-7-8-9-10-11-12-13-14-15-18(21)19-20-16-17-22-19/h7-8,16-18,21H,2-6,9-15H2,1H3. The maximum Gasteiger partial charge on any atom is 0.121 e. The monoisotopic (exact) mass is 323 g/mol. The molecule has 1 aromatic rings. The summed E-state index contributed by atoms with van der Waals surface area (Å²) in [5, 5.41) is 12.7. The van der Waals surface area contributed by atoms with E-state index in [2.05, 4.69) is 24.1 Å². The number of hydrogen-bond donors (Lipinski definition) is 1. The Bertz CT molecular complexity index is 362. The molecule has 0 fully saturated rings. The minimum absolute atomic E-state index is 0.351. The largest absolute Gasteiger partial charge is 0.386 e. The van der Waals surface area contributed by atoms with E-state index in [1.54, 1.807) is 17.5 Å². The summed E-state index contributed by atoms with van der Waals surface area (Å²) in [6.07, 6.45) is 21.2. The van der Waals surface area contributed by atoms with Crippen LogP contribution in [-0.4, -0.2) is 10.1 Å². The molecule has 0 saturated heterocycles. The first-order valence-corrected chi connectivity index (χ1v) is 9.95. The van der Waals surface area contributed by atoms with Crippen molar-refractivity contribution in [3.63, 3.8) is 0 Å². The molecule has 1 N–H and O–H groups in total. The molecule has 1 atom stereocenters. The fourth-order valence-electron chi connectivity index (χ4n) is 2.58.